The molecule has 23 heavy (non-hydrogen) atoms. The minimum Gasteiger partial charge on any atom is -0.423 e. The molecule has 6 nitrogen and oxygen atoms in total. The van der Waals surface area contributed by atoms with Crippen LogP contribution < -0.4 is 10.1 Å². The predicted octanol–water partition coefficient (Wildman–Crippen LogP) is 2.00. The Hall–Kier alpha value is -3.15. The van der Waals surface area contributed by atoms with Crippen LogP contribution in [0.25, 0.3) is 0 Å². The molecule has 118 valence electrons. The number of rotatable bonds is 5. The maximum atomic E-state index is 12.4. The molecule has 0 radical (unpaired) electrons. The number of para-hydroxylation sites is 1. The second kappa shape index (κ2) is 7.74. The van der Waals surface area contributed by atoms with Crippen molar-refractivity contribution in [2.75, 3.05) is 14.2 Å². The van der Waals surface area contributed by atoms with E-state index in [0.29, 0.717) is 11.3 Å². The standard InChI is InChI=1S/C17H16N2O4/c1-18-16(20)15(19-22-2)13-10-6-7-11-14(13)17(21)23-12-8-4-3-5-9-12/h3-11H,1-2H3,(H,18,20)/b19-15+. The number of benzene rings is 2. The summed E-state index contributed by atoms with van der Waals surface area (Å²) in [6.07, 6.45) is 0. The fourth-order valence-electron chi connectivity index (χ4n) is 1.94. The van der Waals surface area contributed by atoms with Gasteiger partial charge in [0.05, 0.1) is 5.56 Å². The van der Waals surface area contributed by atoms with E-state index in [0.717, 1.165) is 0 Å². The van der Waals surface area contributed by atoms with Crippen molar-refractivity contribution in [3.05, 3.63) is 65.7 Å². The molecular formula is C17H16N2O4. The van der Waals surface area contributed by atoms with Crippen LogP contribution in [0.4, 0.5) is 0 Å². The van der Waals surface area contributed by atoms with Crippen molar-refractivity contribution >= 4 is 17.6 Å². The lowest BCUT2D eigenvalue weighted by molar-refractivity contribution is -0.114. The van der Waals surface area contributed by atoms with Crippen molar-refractivity contribution in [3.8, 4) is 5.75 Å². The molecule has 0 spiro atoms. The average molecular weight is 312 g/mol. The number of ether oxygens (including phenoxy) is 1. The molecule has 0 aliphatic heterocycles. The maximum absolute atomic E-state index is 12.4. The number of likely N-dealkylation sites (N-methyl/N-ethyl adjacent to an activating group) is 1. The molecule has 0 bridgehead atoms. The molecule has 1 N–H and O–H groups in total. The SMILES string of the molecule is CNC(=O)/C(=N/OC)c1ccccc1C(=O)Oc1ccccc1. The first kappa shape index (κ1) is 16.2. The fourth-order valence-corrected chi connectivity index (χ4v) is 1.94. The molecule has 0 heterocycles. The Bertz CT molecular complexity index is 726. The Balaban J connectivity index is 2.38. The number of hydrogen-bond acceptors (Lipinski definition) is 5. The smallest absolute Gasteiger partial charge is 0.344 e. The Morgan fingerprint density at radius 3 is 2.17 bits per heavy atom. The van der Waals surface area contributed by atoms with Crippen molar-refractivity contribution < 1.29 is 19.2 Å². The van der Waals surface area contributed by atoms with E-state index in [9.17, 15) is 9.59 Å². The molecule has 0 saturated heterocycles. The number of carbonyl (C=O) groups excluding carboxylic acids is 2. The van der Waals surface area contributed by atoms with Gasteiger partial charge in [-0.1, -0.05) is 41.6 Å². The summed E-state index contributed by atoms with van der Waals surface area (Å²) in [5.74, 6) is -0.635. The van der Waals surface area contributed by atoms with Gasteiger partial charge in [0.15, 0.2) is 5.71 Å². The van der Waals surface area contributed by atoms with Gasteiger partial charge in [0.2, 0.25) is 0 Å². The average Bonchev–Trinajstić information content (AvgIpc) is 2.60. The zero-order valence-corrected chi connectivity index (χ0v) is 12.8. The van der Waals surface area contributed by atoms with Gasteiger partial charge in [0, 0.05) is 12.6 Å². The lowest BCUT2D eigenvalue weighted by Crippen LogP contribution is -2.30. The number of oxime groups is 1. The summed E-state index contributed by atoms with van der Waals surface area (Å²) in [7, 11) is 2.80. The van der Waals surface area contributed by atoms with Gasteiger partial charge in [-0.25, -0.2) is 4.79 Å². The van der Waals surface area contributed by atoms with E-state index < -0.39 is 11.9 Å². The van der Waals surface area contributed by atoms with Gasteiger partial charge in [-0.2, -0.15) is 0 Å². The molecule has 0 aromatic heterocycles. The summed E-state index contributed by atoms with van der Waals surface area (Å²) in [5.41, 5.74) is 0.543. The van der Waals surface area contributed by atoms with Crippen LogP contribution in [-0.2, 0) is 9.63 Å². The molecule has 2 aromatic rings. The maximum Gasteiger partial charge on any atom is 0.344 e. The first-order valence-corrected chi connectivity index (χ1v) is 6.87. The van der Waals surface area contributed by atoms with Gasteiger partial charge in [0.1, 0.15) is 12.9 Å². The highest BCUT2D eigenvalue weighted by molar-refractivity contribution is 6.46. The van der Waals surface area contributed by atoms with Crippen molar-refractivity contribution in [2.24, 2.45) is 5.16 Å². The van der Waals surface area contributed by atoms with Crippen molar-refractivity contribution in [1.82, 2.24) is 5.32 Å². The van der Waals surface area contributed by atoms with E-state index in [2.05, 4.69) is 10.5 Å². The van der Waals surface area contributed by atoms with E-state index in [1.54, 1.807) is 48.5 Å². The summed E-state index contributed by atoms with van der Waals surface area (Å²) in [4.78, 5) is 29.1. The molecule has 6 heteroatoms. The number of carbonyl (C=O) groups is 2. The van der Waals surface area contributed by atoms with Gasteiger partial charge >= 0.3 is 5.97 Å². The molecule has 0 aliphatic carbocycles. The van der Waals surface area contributed by atoms with Gasteiger partial charge in [-0.05, 0) is 18.2 Å². The van der Waals surface area contributed by atoms with Crippen LogP contribution >= 0.6 is 0 Å². The molecule has 0 fully saturated rings. The number of esters is 1. The largest absolute Gasteiger partial charge is 0.423 e. The summed E-state index contributed by atoms with van der Waals surface area (Å²) >= 11 is 0. The Morgan fingerprint density at radius 1 is 0.957 bits per heavy atom. The van der Waals surface area contributed by atoms with E-state index >= 15 is 0 Å². The summed E-state index contributed by atoms with van der Waals surface area (Å²) in [6, 6.07) is 15.2. The van der Waals surface area contributed by atoms with Crippen LogP contribution in [0.3, 0.4) is 0 Å². The lowest BCUT2D eigenvalue weighted by Gasteiger charge is -2.10. The van der Waals surface area contributed by atoms with E-state index in [1.165, 1.54) is 14.2 Å². The zero-order chi connectivity index (χ0) is 16.7. The van der Waals surface area contributed by atoms with Gasteiger partial charge in [0.25, 0.3) is 5.91 Å². The van der Waals surface area contributed by atoms with Crippen LogP contribution in [0, 0.1) is 0 Å². The highest BCUT2D eigenvalue weighted by Gasteiger charge is 2.22. The molecular weight excluding hydrogens is 296 g/mol. The molecule has 2 aromatic carbocycles. The number of amides is 1. The minimum atomic E-state index is -0.584. The first-order valence-electron chi connectivity index (χ1n) is 6.87. The molecule has 0 saturated carbocycles. The highest BCUT2D eigenvalue weighted by Crippen LogP contribution is 2.16. The third-order valence-electron chi connectivity index (χ3n) is 2.98. The van der Waals surface area contributed by atoms with Crippen LogP contribution in [0.15, 0.2) is 59.8 Å². The van der Waals surface area contributed by atoms with Crippen molar-refractivity contribution in [1.29, 1.82) is 0 Å². The van der Waals surface area contributed by atoms with Gasteiger partial charge in [-0.15, -0.1) is 0 Å². The second-order valence-electron chi connectivity index (χ2n) is 4.45. The van der Waals surface area contributed by atoms with Gasteiger partial charge < -0.3 is 14.9 Å². The van der Waals surface area contributed by atoms with E-state index in [1.807, 2.05) is 6.07 Å². The Kier molecular flexibility index (Phi) is 5.46. The van der Waals surface area contributed by atoms with Crippen LogP contribution in [0.1, 0.15) is 15.9 Å². The number of nitrogens with zero attached hydrogens (tertiary/aromatic N) is 1. The molecule has 1 amide bonds. The quantitative estimate of drug-likeness (QED) is 0.396. The lowest BCUT2D eigenvalue weighted by atomic mass is 10.0. The van der Waals surface area contributed by atoms with Gasteiger partial charge in [-0.3, -0.25) is 4.79 Å². The first-order chi connectivity index (χ1) is 11.2. The van der Waals surface area contributed by atoms with E-state index in [-0.39, 0.29) is 11.3 Å². The Labute approximate surface area is 133 Å². The third kappa shape index (κ3) is 3.94. The van der Waals surface area contributed by atoms with Crippen LogP contribution in [-0.4, -0.2) is 31.7 Å². The Morgan fingerprint density at radius 2 is 1.57 bits per heavy atom. The number of nitrogens with one attached hydrogen (secondary N) is 1. The van der Waals surface area contributed by atoms with Crippen molar-refractivity contribution in [2.45, 2.75) is 0 Å². The molecule has 0 aliphatic rings. The fraction of sp³-hybridized carbons (Fsp3) is 0.118. The zero-order valence-electron chi connectivity index (χ0n) is 12.8. The number of hydrogen-bond donors (Lipinski definition) is 1. The van der Waals surface area contributed by atoms with E-state index in [4.69, 9.17) is 9.57 Å². The third-order valence-corrected chi connectivity index (χ3v) is 2.98. The second-order valence-corrected chi connectivity index (χ2v) is 4.45. The molecule has 2 rings (SSSR count). The van der Waals surface area contributed by atoms with Crippen molar-refractivity contribution in [3.63, 3.8) is 0 Å². The predicted molar refractivity (Wildman–Crippen MR) is 85.5 cm³/mol. The summed E-state index contributed by atoms with van der Waals surface area (Å²) in [6.45, 7) is 0. The summed E-state index contributed by atoms with van der Waals surface area (Å²) < 4.78 is 5.32. The highest BCUT2D eigenvalue weighted by atomic mass is 16.6. The topological polar surface area (TPSA) is 77.0 Å². The molecule has 0 atom stereocenters. The minimum absolute atomic E-state index is 0.00406. The monoisotopic (exact) mass is 312 g/mol. The van der Waals surface area contributed by atoms with Crippen LogP contribution in [0.2, 0.25) is 0 Å². The van der Waals surface area contributed by atoms with Crippen LogP contribution in [0.5, 0.6) is 5.75 Å². The normalized spacial score (nSPS) is 10.8. The molecule has 0 unspecified atom stereocenters. The summed E-state index contributed by atoms with van der Waals surface area (Å²) in [5, 5.41) is 6.17.